The number of methoxy groups -OCH3 is 1. The molecule has 2 amide bonds. The Bertz CT molecular complexity index is 1330. The highest BCUT2D eigenvalue weighted by molar-refractivity contribution is 7.92. The molecule has 1 aliphatic carbocycles. The van der Waals surface area contributed by atoms with Crippen LogP contribution in [0.3, 0.4) is 0 Å². The molecule has 3 heterocycles. The van der Waals surface area contributed by atoms with Crippen LogP contribution < -0.4 is 10.6 Å². The number of thiazole rings is 1. The summed E-state index contributed by atoms with van der Waals surface area (Å²) in [7, 11) is -1.99. The van der Waals surface area contributed by atoms with Crippen LogP contribution in [0.15, 0.2) is 40.5 Å². The molecule has 0 spiro atoms. The molecule has 2 aromatic rings. The molecule has 5 rings (SSSR count). The predicted molar refractivity (Wildman–Crippen MR) is 148 cm³/mol. The number of piperidine rings is 1. The third-order valence-corrected chi connectivity index (χ3v) is 10.2. The molecule has 2 N–H and O–H groups in total. The number of ether oxygens (including phenoxy) is 2. The Balaban J connectivity index is 1.22. The van der Waals surface area contributed by atoms with Crippen LogP contribution in [0.5, 0.6) is 0 Å². The lowest BCUT2D eigenvalue weighted by molar-refractivity contribution is -0.110. The molecule has 1 aromatic heterocycles. The molecule has 1 saturated carbocycles. The van der Waals surface area contributed by atoms with E-state index in [-0.39, 0.29) is 28.0 Å². The Morgan fingerprint density at radius 3 is 2.55 bits per heavy atom. The average molecular weight is 592 g/mol. The predicted octanol–water partition coefficient (Wildman–Crippen LogP) is 2.55. The first kappa shape index (κ1) is 28.5. The number of amides is 2. The van der Waals surface area contributed by atoms with E-state index in [4.69, 9.17) is 9.57 Å². The number of hydrogen-bond donors (Lipinski definition) is 2. The van der Waals surface area contributed by atoms with Gasteiger partial charge in [0, 0.05) is 48.7 Å². The summed E-state index contributed by atoms with van der Waals surface area (Å²) >= 11 is 1.37. The van der Waals surface area contributed by atoms with Crippen LogP contribution in [0.1, 0.15) is 42.5 Å². The molecule has 0 bridgehead atoms. The second kappa shape index (κ2) is 12.6. The van der Waals surface area contributed by atoms with Gasteiger partial charge in [-0.1, -0.05) is 17.3 Å². The van der Waals surface area contributed by atoms with E-state index in [9.17, 15) is 18.0 Å². The van der Waals surface area contributed by atoms with Gasteiger partial charge >= 0.3 is 6.09 Å². The number of oxime groups is 1. The van der Waals surface area contributed by atoms with Gasteiger partial charge in [-0.05, 0) is 37.8 Å². The van der Waals surface area contributed by atoms with Crippen LogP contribution in [0.4, 0.5) is 9.93 Å². The standard InChI is InChI=1S/C26H33N5O7S2/c1-36-26(33)28-18-8-11-31(12-9-18)15-20-14-27-25(39-20)29-24(32)23(30-38-19-10-13-37-16-19)17-2-4-21(5-3-17)40(34,35)22-6-7-22/h2-5,14,18-19,22H,6-13,15-16H2,1H3,(H,28,33)(H,27,29,32)/t19-/m1/s1. The fourth-order valence-corrected chi connectivity index (χ4v) is 7.10. The van der Waals surface area contributed by atoms with E-state index in [0.717, 1.165) is 30.8 Å². The Labute approximate surface area is 237 Å². The lowest BCUT2D eigenvalue weighted by Crippen LogP contribution is -2.44. The summed E-state index contributed by atoms with van der Waals surface area (Å²) in [5.41, 5.74) is 0.463. The Morgan fingerprint density at radius 1 is 1.15 bits per heavy atom. The van der Waals surface area contributed by atoms with Gasteiger partial charge in [-0.15, -0.1) is 11.3 Å². The zero-order valence-electron chi connectivity index (χ0n) is 22.2. The number of hydrogen-bond acceptors (Lipinski definition) is 11. The van der Waals surface area contributed by atoms with Crippen molar-refractivity contribution in [1.29, 1.82) is 0 Å². The zero-order valence-corrected chi connectivity index (χ0v) is 23.8. The van der Waals surface area contributed by atoms with Crippen molar-refractivity contribution in [3.05, 3.63) is 40.9 Å². The van der Waals surface area contributed by atoms with Crippen LogP contribution in [0.2, 0.25) is 0 Å². The minimum Gasteiger partial charge on any atom is -0.453 e. The van der Waals surface area contributed by atoms with Crippen LogP contribution in [-0.4, -0.2) is 86.8 Å². The van der Waals surface area contributed by atoms with Gasteiger partial charge in [-0.2, -0.15) is 0 Å². The van der Waals surface area contributed by atoms with Crippen molar-refractivity contribution in [1.82, 2.24) is 15.2 Å². The SMILES string of the molecule is COC(=O)NC1CCN(Cc2cnc(NC(=O)C(=NO[C@@H]3CCOC3)c3ccc(S(=O)(=O)C4CC4)cc3)s2)CC1. The van der Waals surface area contributed by atoms with Crippen LogP contribution in [0.25, 0.3) is 0 Å². The number of nitrogens with one attached hydrogen (secondary N) is 2. The van der Waals surface area contributed by atoms with E-state index in [1.54, 1.807) is 18.3 Å². The van der Waals surface area contributed by atoms with Crippen LogP contribution in [0, 0.1) is 0 Å². The summed E-state index contributed by atoms with van der Waals surface area (Å²) in [4.78, 5) is 38.2. The smallest absolute Gasteiger partial charge is 0.407 e. The summed E-state index contributed by atoms with van der Waals surface area (Å²) in [6.45, 7) is 3.28. The van der Waals surface area contributed by atoms with Crippen molar-refractivity contribution >= 4 is 44.0 Å². The molecule has 2 aliphatic heterocycles. The highest BCUT2D eigenvalue weighted by atomic mass is 32.2. The molecule has 1 atom stereocenters. The molecule has 40 heavy (non-hydrogen) atoms. The minimum atomic E-state index is -3.35. The summed E-state index contributed by atoms with van der Waals surface area (Å²) < 4.78 is 35.2. The Hall–Kier alpha value is -3.07. The van der Waals surface area contributed by atoms with Crippen LogP contribution >= 0.6 is 11.3 Å². The molecule has 216 valence electrons. The van der Waals surface area contributed by atoms with Crippen molar-refractivity contribution in [2.75, 3.05) is 38.7 Å². The number of nitrogens with zero attached hydrogens (tertiary/aromatic N) is 3. The van der Waals surface area contributed by atoms with Gasteiger partial charge in [0.1, 0.15) is 0 Å². The molecule has 0 radical (unpaired) electrons. The molecule has 14 heteroatoms. The fraction of sp³-hybridized carbons (Fsp3) is 0.538. The molecule has 12 nitrogen and oxygen atoms in total. The normalized spacial score (nSPS) is 20.7. The zero-order chi connectivity index (χ0) is 28.1. The van der Waals surface area contributed by atoms with Gasteiger partial charge in [-0.3, -0.25) is 15.0 Å². The Kier molecular flexibility index (Phi) is 8.98. The van der Waals surface area contributed by atoms with Crippen molar-refractivity contribution in [2.45, 2.75) is 60.9 Å². The maximum atomic E-state index is 13.3. The number of rotatable bonds is 10. The van der Waals surface area contributed by atoms with Crippen molar-refractivity contribution in [3.63, 3.8) is 0 Å². The minimum absolute atomic E-state index is 0.0270. The first-order chi connectivity index (χ1) is 19.3. The molecule has 3 aliphatic rings. The number of sulfone groups is 1. The quantitative estimate of drug-likeness (QED) is 0.314. The van der Waals surface area contributed by atoms with E-state index >= 15 is 0 Å². The number of aromatic nitrogens is 1. The van der Waals surface area contributed by atoms with Crippen molar-refractivity contribution in [3.8, 4) is 0 Å². The lowest BCUT2D eigenvalue weighted by atomic mass is 10.1. The third-order valence-electron chi connectivity index (χ3n) is 7.06. The monoisotopic (exact) mass is 591 g/mol. The van der Waals surface area contributed by atoms with Crippen LogP contribution in [-0.2, 0) is 35.5 Å². The molecule has 3 fully saturated rings. The second-order valence-corrected chi connectivity index (χ2v) is 13.4. The number of anilines is 1. The van der Waals surface area contributed by atoms with Crippen molar-refractivity contribution in [2.24, 2.45) is 5.16 Å². The van der Waals surface area contributed by atoms with E-state index < -0.39 is 21.8 Å². The number of alkyl carbamates (subject to hydrolysis) is 1. The van der Waals surface area contributed by atoms with Gasteiger partial charge in [0.2, 0.25) is 0 Å². The summed E-state index contributed by atoms with van der Waals surface area (Å²) in [6.07, 6.45) is 4.74. The molecular formula is C26H33N5O7S2. The summed E-state index contributed by atoms with van der Waals surface area (Å²) in [6, 6.07) is 6.27. The largest absolute Gasteiger partial charge is 0.453 e. The Morgan fingerprint density at radius 2 is 1.90 bits per heavy atom. The summed E-state index contributed by atoms with van der Waals surface area (Å²) in [5, 5.41) is 9.91. The average Bonchev–Trinajstić information content (AvgIpc) is 3.54. The highest BCUT2D eigenvalue weighted by Crippen LogP contribution is 2.33. The molecule has 2 saturated heterocycles. The molecule has 0 unspecified atom stereocenters. The van der Waals surface area contributed by atoms with Gasteiger partial charge in [0.25, 0.3) is 5.91 Å². The first-order valence-electron chi connectivity index (χ1n) is 13.3. The number of carbonyl (C=O) groups excluding carboxylic acids is 2. The topological polar surface area (TPSA) is 149 Å². The first-order valence-corrected chi connectivity index (χ1v) is 15.7. The number of likely N-dealkylation sites (tertiary alicyclic amines) is 1. The van der Waals surface area contributed by atoms with Gasteiger partial charge < -0.3 is 19.6 Å². The van der Waals surface area contributed by atoms with E-state index in [1.807, 2.05) is 0 Å². The molecule has 1 aromatic carbocycles. The van der Waals surface area contributed by atoms with Gasteiger partial charge in [0.05, 0.1) is 30.5 Å². The van der Waals surface area contributed by atoms with Crippen molar-refractivity contribution < 1.29 is 32.3 Å². The molecular weight excluding hydrogens is 558 g/mol. The second-order valence-electron chi connectivity index (χ2n) is 10.1. The van der Waals surface area contributed by atoms with Gasteiger partial charge in [-0.25, -0.2) is 18.2 Å². The summed E-state index contributed by atoms with van der Waals surface area (Å²) in [5.74, 6) is -0.507. The number of benzene rings is 1. The lowest BCUT2D eigenvalue weighted by Gasteiger charge is -2.31. The maximum Gasteiger partial charge on any atom is 0.407 e. The van der Waals surface area contributed by atoms with Gasteiger partial charge in [0.15, 0.2) is 26.8 Å². The van der Waals surface area contributed by atoms with E-state index in [1.165, 1.54) is 30.6 Å². The highest BCUT2D eigenvalue weighted by Gasteiger charge is 2.37. The number of carbonyl (C=O) groups is 2. The van der Waals surface area contributed by atoms with E-state index in [2.05, 4.69) is 30.4 Å². The third kappa shape index (κ3) is 7.16. The van der Waals surface area contributed by atoms with E-state index in [0.29, 0.717) is 49.7 Å². The maximum absolute atomic E-state index is 13.3. The fourth-order valence-electron chi connectivity index (χ4n) is 4.60.